The molecule has 2 aliphatic heterocycles. The molecule has 1 aromatic heterocycles. The molecule has 0 saturated carbocycles. The summed E-state index contributed by atoms with van der Waals surface area (Å²) in [5, 5.41) is 3.86. The van der Waals surface area contributed by atoms with E-state index in [4.69, 9.17) is 4.52 Å². The summed E-state index contributed by atoms with van der Waals surface area (Å²) in [7, 11) is -8.99. The van der Waals surface area contributed by atoms with Crippen molar-refractivity contribution in [3.05, 3.63) is 169 Å². The molecule has 2 N–H and O–H groups in total. The molecule has 62 heavy (non-hydrogen) atoms. The lowest BCUT2D eigenvalue weighted by molar-refractivity contribution is -0.205. The highest BCUT2D eigenvalue weighted by Crippen LogP contribution is 2.39. The van der Waals surface area contributed by atoms with Crippen LogP contribution in [0.2, 0.25) is 0 Å². The predicted molar refractivity (Wildman–Crippen MR) is 232 cm³/mol. The number of hydrazine groups is 1. The zero-order valence-corrected chi connectivity index (χ0v) is 35.2. The summed E-state index contributed by atoms with van der Waals surface area (Å²) in [4.78, 5) is 65.5. The van der Waals surface area contributed by atoms with Crippen LogP contribution in [0.25, 0.3) is 22.0 Å². The van der Waals surface area contributed by atoms with Crippen LogP contribution in [0.5, 0.6) is 5.75 Å². The second-order valence-electron chi connectivity index (χ2n) is 15.1. The van der Waals surface area contributed by atoms with Crippen LogP contribution in [0.4, 0.5) is 0 Å². The second-order valence-corrected chi connectivity index (χ2v) is 18.1. The monoisotopic (exact) mass is 873 g/mol. The van der Waals surface area contributed by atoms with Gasteiger partial charge in [0.1, 0.15) is 18.0 Å². The lowest BCUT2D eigenvalue weighted by Gasteiger charge is -2.55. The van der Waals surface area contributed by atoms with Crippen LogP contribution in [-0.4, -0.2) is 91.6 Å². The molecule has 0 aliphatic carbocycles. The van der Waals surface area contributed by atoms with Gasteiger partial charge in [-0.15, -0.1) is 6.58 Å². The molecule has 3 amide bonds. The largest absolute Gasteiger partial charge is 0.524 e. The molecule has 2 aliphatic rings. The highest BCUT2D eigenvalue weighted by Gasteiger charge is 2.51. The number of benzene rings is 5. The average molecular weight is 874 g/mol. The van der Waals surface area contributed by atoms with Crippen LogP contribution in [0.3, 0.4) is 0 Å². The van der Waals surface area contributed by atoms with Crippen molar-refractivity contribution in [2.45, 2.75) is 42.9 Å². The zero-order valence-electron chi connectivity index (χ0n) is 33.5. The van der Waals surface area contributed by atoms with E-state index in [1.54, 1.807) is 63.6 Å². The van der Waals surface area contributed by atoms with Crippen molar-refractivity contribution in [3.63, 3.8) is 0 Å². The number of piperazine rings is 1. The first kappa shape index (κ1) is 42.3. The maximum atomic E-state index is 15.0. The SMILES string of the molecule is C=CCN1CC(=O)N2[C@@H](Cc3ccc(OP(=O)(O)O)cc3)C(=O)N(Cc3cccc4c(-c5ccccc5)cn(S(=O)(=O)c5ccccc5)c34)C[C@@H]2N1C(=O)CCc1ccccc1. The molecular formula is C46H44N5O9PS. The van der Waals surface area contributed by atoms with E-state index in [-0.39, 0.29) is 61.5 Å². The van der Waals surface area contributed by atoms with E-state index in [0.717, 1.165) is 11.1 Å². The zero-order chi connectivity index (χ0) is 43.6. The Hall–Kier alpha value is -6.35. The smallest absolute Gasteiger partial charge is 0.404 e. The number of phosphoric ester groups is 1. The number of rotatable bonds is 14. The Bertz CT molecular complexity index is 2780. The van der Waals surface area contributed by atoms with Gasteiger partial charge in [0, 0.05) is 43.1 Å². The number of aromatic nitrogens is 1. The van der Waals surface area contributed by atoms with Crippen molar-refractivity contribution >= 4 is 46.5 Å². The fourth-order valence-electron chi connectivity index (χ4n) is 8.36. The van der Waals surface area contributed by atoms with Gasteiger partial charge >= 0.3 is 7.82 Å². The van der Waals surface area contributed by atoms with Gasteiger partial charge in [-0.1, -0.05) is 115 Å². The minimum Gasteiger partial charge on any atom is -0.404 e. The van der Waals surface area contributed by atoms with Crippen LogP contribution in [-0.2, 0) is 48.4 Å². The van der Waals surface area contributed by atoms with E-state index in [0.29, 0.717) is 34.0 Å². The van der Waals surface area contributed by atoms with Crippen LogP contribution >= 0.6 is 7.82 Å². The van der Waals surface area contributed by atoms with Gasteiger partial charge in [0.05, 0.1) is 23.5 Å². The molecule has 16 heteroatoms. The van der Waals surface area contributed by atoms with E-state index in [1.807, 2.05) is 72.8 Å². The van der Waals surface area contributed by atoms with Crippen molar-refractivity contribution < 1.29 is 41.7 Å². The third kappa shape index (κ3) is 8.71. The Balaban J connectivity index is 1.23. The lowest BCUT2D eigenvalue weighted by atomic mass is 9.97. The van der Waals surface area contributed by atoms with Gasteiger partial charge in [0.2, 0.25) is 17.7 Å². The van der Waals surface area contributed by atoms with Gasteiger partial charge in [0.15, 0.2) is 0 Å². The first-order valence-corrected chi connectivity index (χ1v) is 22.9. The highest BCUT2D eigenvalue weighted by atomic mass is 32.2. The standard InChI is InChI=1S/C46H44N5O9PS/c1-2-27-48-32-44(53)50-41(28-34-21-24-37(25-22-34)60-61(55,56)57)46(54)47(31-42(50)51(48)43(52)26-23-33-13-6-3-7-14-33)29-36-17-12-20-39-40(35-15-8-4-9-16-35)30-49(45(36)39)62(58,59)38-18-10-5-11-19-38/h2-22,24-25,30,41-42H,1,23,26-29,31-32H2,(H2,55,56,57)/t41-,42-/m0/s1. The normalized spacial score (nSPS) is 17.3. The summed E-state index contributed by atoms with van der Waals surface area (Å²) in [6.07, 6.45) is 2.81. The highest BCUT2D eigenvalue weighted by molar-refractivity contribution is 7.90. The van der Waals surface area contributed by atoms with E-state index in [2.05, 4.69) is 6.58 Å². The number of carbonyl (C=O) groups excluding carboxylic acids is 3. The lowest BCUT2D eigenvalue weighted by Crippen LogP contribution is -2.75. The second kappa shape index (κ2) is 17.6. The first-order chi connectivity index (χ1) is 29.8. The van der Waals surface area contributed by atoms with Crippen LogP contribution < -0.4 is 4.52 Å². The summed E-state index contributed by atoms with van der Waals surface area (Å²) >= 11 is 0. The number of hydrogen-bond acceptors (Lipinski definition) is 8. The Kier molecular flexibility index (Phi) is 12.0. The van der Waals surface area contributed by atoms with Gasteiger partial charge in [0.25, 0.3) is 10.0 Å². The molecule has 318 valence electrons. The molecule has 0 spiro atoms. The maximum absolute atomic E-state index is 15.0. The van der Waals surface area contributed by atoms with E-state index in [1.165, 1.54) is 33.1 Å². The van der Waals surface area contributed by atoms with Crippen LogP contribution in [0.15, 0.2) is 157 Å². The van der Waals surface area contributed by atoms with Gasteiger partial charge < -0.3 is 14.3 Å². The van der Waals surface area contributed by atoms with Crippen molar-refractivity contribution in [2.75, 3.05) is 19.6 Å². The molecule has 0 radical (unpaired) electrons. The van der Waals surface area contributed by atoms with Gasteiger partial charge in [-0.05, 0) is 52.9 Å². The number of hydrogen-bond donors (Lipinski definition) is 2. The minimum atomic E-state index is -4.84. The minimum absolute atomic E-state index is 0.0115. The van der Waals surface area contributed by atoms with Crippen molar-refractivity contribution in [2.24, 2.45) is 0 Å². The van der Waals surface area contributed by atoms with E-state index in [9.17, 15) is 37.2 Å². The van der Waals surface area contributed by atoms with E-state index >= 15 is 0 Å². The predicted octanol–water partition coefficient (Wildman–Crippen LogP) is 6.00. The number of amides is 3. The number of fused-ring (bicyclic) bond motifs is 2. The van der Waals surface area contributed by atoms with Crippen LogP contribution in [0.1, 0.15) is 23.1 Å². The molecule has 0 bridgehead atoms. The molecule has 5 aromatic carbocycles. The molecule has 2 atom stereocenters. The number of aryl methyl sites for hydroxylation is 1. The maximum Gasteiger partial charge on any atom is 0.524 e. The number of para-hydroxylation sites is 1. The Morgan fingerprint density at radius 3 is 2.16 bits per heavy atom. The summed E-state index contributed by atoms with van der Waals surface area (Å²) in [5.41, 5.74) is 3.90. The third-order valence-electron chi connectivity index (χ3n) is 11.1. The molecule has 8 rings (SSSR count). The fourth-order valence-corrected chi connectivity index (χ4v) is 10.2. The third-order valence-corrected chi connectivity index (χ3v) is 13.2. The Morgan fingerprint density at radius 2 is 1.50 bits per heavy atom. The summed E-state index contributed by atoms with van der Waals surface area (Å²) in [6.45, 7) is 3.71. The van der Waals surface area contributed by atoms with E-state index < -0.39 is 36.0 Å². The Morgan fingerprint density at radius 1 is 0.839 bits per heavy atom. The number of phosphoric acid groups is 1. The van der Waals surface area contributed by atoms with Crippen molar-refractivity contribution in [1.82, 2.24) is 23.8 Å². The molecule has 6 aromatic rings. The Labute approximate surface area is 359 Å². The van der Waals surface area contributed by atoms with Gasteiger partial charge in [-0.25, -0.2) is 27.0 Å². The van der Waals surface area contributed by atoms with Crippen molar-refractivity contribution in [1.29, 1.82) is 0 Å². The molecule has 2 fully saturated rings. The fraction of sp³-hybridized carbons (Fsp3) is 0.196. The van der Waals surface area contributed by atoms with Crippen molar-refractivity contribution in [3.8, 4) is 16.9 Å². The first-order valence-electron chi connectivity index (χ1n) is 20.0. The summed E-state index contributed by atoms with van der Waals surface area (Å²) in [5.74, 6) is -1.15. The number of carbonyl (C=O) groups is 3. The molecule has 3 heterocycles. The van der Waals surface area contributed by atoms with Gasteiger partial charge in [-0.2, -0.15) is 0 Å². The average Bonchev–Trinajstić information content (AvgIpc) is 3.67. The molecular weight excluding hydrogens is 830 g/mol. The molecule has 0 unspecified atom stereocenters. The molecule has 14 nitrogen and oxygen atoms in total. The quantitative estimate of drug-likeness (QED) is 0.0978. The topological polar surface area (TPSA) is 170 Å². The van der Waals surface area contributed by atoms with Gasteiger partial charge in [-0.3, -0.25) is 24.2 Å². The summed E-state index contributed by atoms with van der Waals surface area (Å²) in [6, 6.07) is 37.3. The number of nitrogens with zero attached hydrogens (tertiary/aromatic N) is 5. The van der Waals surface area contributed by atoms with Crippen LogP contribution in [0, 0.1) is 0 Å². The summed E-state index contributed by atoms with van der Waals surface area (Å²) < 4.78 is 46.5. The molecule has 2 saturated heterocycles.